The van der Waals surface area contributed by atoms with Crippen LogP contribution in [0.5, 0.6) is 0 Å². The third kappa shape index (κ3) is 2.87. The lowest BCUT2D eigenvalue weighted by molar-refractivity contribution is -0.659. The molecule has 0 aliphatic heterocycles. The maximum Gasteiger partial charge on any atom is 0.224 e. The fourth-order valence-corrected chi connectivity index (χ4v) is 5.61. The molecule has 0 saturated heterocycles. The van der Waals surface area contributed by atoms with Crippen LogP contribution in [-0.4, -0.2) is 0 Å². The first kappa shape index (κ1) is 19.5. The summed E-state index contributed by atoms with van der Waals surface area (Å²) in [6.07, 6.45) is 7.42. The monoisotopic (exact) mass is 424 g/mol. The van der Waals surface area contributed by atoms with E-state index in [4.69, 9.17) is 4.42 Å². The molecule has 1 aliphatic rings. The Bertz CT molecular complexity index is 1520. The Hall–Kier alpha value is -3.20. The topological polar surface area (TPSA) is 17.0 Å². The number of fused-ring (bicyclic) bond motifs is 4. The molecule has 2 nitrogen and oxygen atoms in total. The van der Waals surface area contributed by atoms with Crippen LogP contribution < -0.4 is 4.57 Å². The number of halogens is 1. The summed E-state index contributed by atoms with van der Waals surface area (Å²) in [6, 6.07) is 16.2. The van der Waals surface area contributed by atoms with E-state index in [-0.39, 0.29) is 5.82 Å². The van der Waals surface area contributed by atoms with Gasteiger partial charge in [-0.25, -0.2) is 8.96 Å². The highest BCUT2D eigenvalue weighted by Crippen LogP contribution is 2.41. The third-order valence-corrected chi connectivity index (χ3v) is 7.47. The lowest BCUT2D eigenvalue weighted by Crippen LogP contribution is -2.31. The van der Waals surface area contributed by atoms with Crippen molar-refractivity contribution in [2.75, 3.05) is 0 Å². The lowest BCUT2D eigenvalue weighted by Gasteiger charge is -2.13. The summed E-state index contributed by atoms with van der Waals surface area (Å²) in [5.41, 5.74) is 7.53. The highest BCUT2D eigenvalue weighted by Gasteiger charge is 2.25. The minimum atomic E-state index is -0.276. The molecular weight excluding hydrogens is 397 g/mol. The summed E-state index contributed by atoms with van der Waals surface area (Å²) in [5, 5.41) is 4.48. The fraction of sp³-hybridized carbons (Fsp3) is 0.276. The van der Waals surface area contributed by atoms with Crippen LogP contribution in [-0.2, 0) is 7.05 Å². The first-order valence-electron chi connectivity index (χ1n) is 11.6. The van der Waals surface area contributed by atoms with Gasteiger partial charge in [-0.1, -0.05) is 25.0 Å². The maximum atomic E-state index is 13.9. The van der Waals surface area contributed by atoms with Crippen molar-refractivity contribution >= 4 is 32.7 Å². The molecule has 32 heavy (non-hydrogen) atoms. The minimum Gasteiger partial charge on any atom is -0.455 e. The summed E-state index contributed by atoms with van der Waals surface area (Å²) in [6.45, 7) is 4.30. The number of hydrogen-bond acceptors (Lipinski definition) is 1. The van der Waals surface area contributed by atoms with Crippen LogP contribution >= 0.6 is 0 Å². The SMILES string of the molecule is Cc1cc2c(oc3cc(F)ccc32)c(-c2c3ccc(C4CCCC4)cc3cc[n+]2C)c1C. The van der Waals surface area contributed by atoms with Gasteiger partial charge in [0, 0.05) is 22.9 Å². The van der Waals surface area contributed by atoms with Gasteiger partial charge < -0.3 is 4.42 Å². The van der Waals surface area contributed by atoms with E-state index in [1.807, 2.05) is 6.07 Å². The van der Waals surface area contributed by atoms with E-state index in [1.165, 1.54) is 65.3 Å². The molecule has 1 aliphatic carbocycles. The summed E-state index contributed by atoms with van der Waals surface area (Å²) in [4.78, 5) is 0. The standard InChI is InChI=1S/C29H27FNO/c1-17-14-25-24-11-9-22(30)16-26(24)32-29(25)27(18(17)2)28-23-10-8-20(19-6-4-5-7-19)15-21(23)12-13-31(28)3/h8-16,19H,4-7H2,1-3H3/q+1. The number of furan rings is 1. The van der Waals surface area contributed by atoms with Gasteiger partial charge in [0.2, 0.25) is 5.69 Å². The summed E-state index contributed by atoms with van der Waals surface area (Å²) >= 11 is 0. The largest absolute Gasteiger partial charge is 0.455 e. The van der Waals surface area contributed by atoms with E-state index >= 15 is 0 Å². The Labute approximate surface area is 187 Å². The molecule has 2 aromatic heterocycles. The molecule has 5 aromatic rings. The van der Waals surface area contributed by atoms with Crippen molar-refractivity contribution in [2.24, 2.45) is 7.05 Å². The van der Waals surface area contributed by atoms with Crippen molar-refractivity contribution in [3.05, 3.63) is 77.2 Å². The molecule has 0 unspecified atom stereocenters. The molecule has 1 saturated carbocycles. The molecule has 6 rings (SSSR count). The Morgan fingerprint density at radius 3 is 2.50 bits per heavy atom. The molecule has 160 valence electrons. The minimum absolute atomic E-state index is 0.276. The van der Waals surface area contributed by atoms with Gasteiger partial charge in [-0.3, -0.25) is 0 Å². The molecule has 0 bridgehead atoms. The molecular formula is C29H27FNO+. The van der Waals surface area contributed by atoms with Crippen LogP contribution in [0.4, 0.5) is 4.39 Å². The van der Waals surface area contributed by atoms with Crippen LogP contribution in [0.1, 0.15) is 48.3 Å². The second kappa shape index (κ2) is 7.16. The van der Waals surface area contributed by atoms with Gasteiger partial charge >= 0.3 is 0 Å². The van der Waals surface area contributed by atoms with Gasteiger partial charge in [-0.15, -0.1) is 0 Å². The zero-order valence-corrected chi connectivity index (χ0v) is 18.8. The lowest BCUT2D eigenvalue weighted by atomic mass is 9.91. The normalized spacial score (nSPS) is 14.9. The van der Waals surface area contributed by atoms with Gasteiger partial charge in [-0.2, -0.15) is 0 Å². The molecule has 0 amide bonds. The Kier molecular flexibility index (Phi) is 4.36. The highest BCUT2D eigenvalue weighted by molar-refractivity contribution is 6.12. The highest BCUT2D eigenvalue weighted by atomic mass is 19.1. The zero-order valence-electron chi connectivity index (χ0n) is 18.8. The van der Waals surface area contributed by atoms with E-state index in [0.717, 1.165) is 27.6 Å². The number of nitrogens with zero attached hydrogens (tertiary/aromatic N) is 1. The van der Waals surface area contributed by atoms with Crippen molar-refractivity contribution in [1.82, 2.24) is 0 Å². The number of rotatable bonds is 2. The smallest absolute Gasteiger partial charge is 0.224 e. The third-order valence-electron chi connectivity index (χ3n) is 7.47. The number of aryl methyl sites for hydroxylation is 2. The van der Waals surface area contributed by atoms with Crippen LogP contribution in [0, 0.1) is 19.7 Å². The van der Waals surface area contributed by atoms with Crippen molar-refractivity contribution in [2.45, 2.75) is 45.4 Å². The molecule has 0 N–H and O–H groups in total. The molecule has 3 heteroatoms. The van der Waals surface area contributed by atoms with Gasteiger partial charge in [0.25, 0.3) is 0 Å². The van der Waals surface area contributed by atoms with E-state index in [0.29, 0.717) is 11.5 Å². The second-order valence-electron chi connectivity index (χ2n) is 9.42. The predicted octanol–water partition coefficient (Wildman–Crippen LogP) is 7.64. The number of benzene rings is 3. The van der Waals surface area contributed by atoms with Crippen molar-refractivity contribution in [1.29, 1.82) is 0 Å². The summed E-state index contributed by atoms with van der Waals surface area (Å²) in [5.74, 6) is 0.413. The summed E-state index contributed by atoms with van der Waals surface area (Å²) in [7, 11) is 2.09. The fourth-order valence-electron chi connectivity index (χ4n) is 5.61. The van der Waals surface area contributed by atoms with Crippen LogP contribution in [0.15, 0.2) is 59.1 Å². The van der Waals surface area contributed by atoms with Gasteiger partial charge in [0.05, 0.1) is 10.9 Å². The van der Waals surface area contributed by atoms with E-state index in [9.17, 15) is 4.39 Å². The van der Waals surface area contributed by atoms with Crippen molar-refractivity contribution in [3.63, 3.8) is 0 Å². The molecule has 0 spiro atoms. The quantitative estimate of drug-likeness (QED) is 0.266. The number of hydrogen-bond donors (Lipinski definition) is 0. The van der Waals surface area contributed by atoms with Crippen molar-refractivity contribution in [3.8, 4) is 11.3 Å². The molecule has 2 heterocycles. The average molecular weight is 425 g/mol. The second-order valence-corrected chi connectivity index (χ2v) is 9.42. The average Bonchev–Trinajstić information content (AvgIpc) is 3.43. The number of pyridine rings is 1. The van der Waals surface area contributed by atoms with Crippen LogP contribution in [0.3, 0.4) is 0 Å². The molecule has 3 aromatic carbocycles. The van der Waals surface area contributed by atoms with E-state index in [1.54, 1.807) is 0 Å². The maximum absolute atomic E-state index is 13.9. The van der Waals surface area contributed by atoms with Gasteiger partial charge in [-0.05, 0) is 78.9 Å². The van der Waals surface area contributed by atoms with Crippen molar-refractivity contribution < 1.29 is 13.4 Å². The van der Waals surface area contributed by atoms with E-state index in [2.05, 4.69) is 62.0 Å². The first-order valence-corrected chi connectivity index (χ1v) is 11.6. The van der Waals surface area contributed by atoms with Gasteiger partial charge in [0.15, 0.2) is 6.20 Å². The predicted molar refractivity (Wildman–Crippen MR) is 128 cm³/mol. The molecule has 0 radical (unpaired) electrons. The van der Waals surface area contributed by atoms with E-state index < -0.39 is 0 Å². The molecule has 0 atom stereocenters. The first-order chi connectivity index (χ1) is 15.5. The Morgan fingerprint density at radius 2 is 1.69 bits per heavy atom. The van der Waals surface area contributed by atoms with Crippen LogP contribution in [0.25, 0.3) is 44.0 Å². The zero-order chi connectivity index (χ0) is 22.0. The van der Waals surface area contributed by atoms with Gasteiger partial charge in [0.1, 0.15) is 24.0 Å². The Balaban J connectivity index is 1.67. The Morgan fingerprint density at radius 1 is 0.906 bits per heavy atom. The number of aromatic nitrogens is 1. The summed E-state index contributed by atoms with van der Waals surface area (Å²) < 4.78 is 22.4. The molecule has 1 fully saturated rings. The van der Waals surface area contributed by atoms with Crippen LogP contribution in [0.2, 0.25) is 0 Å².